The average Bonchev–Trinajstić information content (AvgIpc) is 3.57. The monoisotopic (exact) mass is 1330 g/mol. The van der Waals surface area contributed by atoms with Crippen molar-refractivity contribution in [3.05, 3.63) is 153 Å². The maximum atomic E-state index is 2.65. The zero-order chi connectivity index (χ0) is 57.2. The van der Waals surface area contributed by atoms with Gasteiger partial charge in [0.2, 0.25) is 0 Å². The van der Waals surface area contributed by atoms with Gasteiger partial charge in [-0.3, -0.25) is 0 Å². The van der Waals surface area contributed by atoms with Gasteiger partial charge in [-0.15, -0.1) is 125 Å². The van der Waals surface area contributed by atoms with Gasteiger partial charge < -0.3 is 0 Å². The van der Waals surface area contributed by atoms with E-state index in [1.807, 2.05) is 56.7 Å². The van der Waals surface area contributed by atoms with Gasteiger partial charge in [-0.2, -0.15) is 0 Å². The fraction of sp³-hybridized carbons (Fsp3) is 0.371. The summed E-state index contributed by atoms with van der Waals surface area (Å²) in [6.45, 7) is 14.5. The van der Waals surface area contributed by atoms with E-state index in [0.29, 0.717) is 0 Å². The van der Waals surface area contributed by atoms with E-state index in [2.05, 4.69) is 242 Å². The molecule has 11 rings (SSSR count). The fourth-order valence-corrected chi connectivity index (χ4v) is 37.5. The minimum absolute atomic E-state index is 1.20. The van der Waals surface area contributed by atoms with Crippen molar-refractivity contribution in [3.8, 4) is 58.5 Å². The molecule has 0 N–H and O–H groups in total. The van der Waals surface area contributed by atoms with Gasteiger partial charge in [0.25, 0.3) is 0 Å². The van der Waals surface area contributed by atoms with Crippen molar-refractivity contribution in [2.24, 2.45) is 0 Å². The number of unbranched alkanes of at least 4 members (excludes halogenated alkanes) is 12. The Morgan fingerprint density at radius 2 is 0.386 bits per heavy atom. The molecular formula is C70H80S11Si2. The van der Waals surface area contributed by atoms with Crippen LogP contribution in [0, 0.1) is 0 Å². The molecule has 0 fully saturated rings. The summed E-state index contributed by atoms with van der Waals surface area (Å²) in [6.07, 6.45) is 25.8. The molecule has 0 bridgehead atoms. The maximum Gasteiger partial charge on any atom is 0.181 e. The van der Waals surface area contributed by atoms with E-state index in [-0.39, 0.29) is 0 Å². The molecule has 13 heteroatoms. The molecule has 0 spiro atoms. The predicted molar refractivity (Wildman–Crippen MR) is 394 cm³/mol. The Morgan fingerprint density at radius 3 is 0.602 bits per heavy atom. The van der Waals surface area contributed by atoms with Crippen LogP contribution in [-0.4, -0.2) is 16.1 Å². The molecule has 0 unspecified atom stereocenters. The Kier molecular flexibility index (Phi) is 21.9. The van der Waals surface area contributed by atoms with Crippen LogP contribution in [0.25, 0.3) is 58.5 Å². The molecule has 0 aliphatic rings. The normalized spacial score (nSPS) is 12.2. The molecular weight excluding hydrogens is 1250 g/mol. The lowest BCUT2D eigenvalue weighted by atomic mass is 10.1. The third kappa shape index (κ3) is 14.5. The summed E-state index contributed by atoms with van der Waals surface area (Å²) in [7, 11) is -4.75. The third-order valence-electron chi connectivity index (χ3n) is 16.4. The molecule has 0 saturated carbocycles. The molecule has 434 valence electrons. The number of hydrogen-bond acceptors (Lipinski definition) is 11. The highest BCUT2D eigenvalue weighted by Crippen LogP contribution is 2.42. The molecule has 83 heavy (non-hydrogen) atoms. The molecule has 0 aromatic carbocycles. The zero-order valence-electron chi connectivity index (χ0n) is 49.3. The van der Waals surface area contributed by atoms with Gasteiger partial charge in [0, 0.05) is 105 Å². The lowest BCUT2D eigenvalue weighted by Gasteiger charge is -2.24. The van der Waals surface area contributed by atoms with Gasteiger partial charge in [0.15, 0.2) is 16.1 Å². The molecule has 11 heterocycles. The fourth-order valence-electron chi connectivity index (χ4n) is 11.2. The summed E-state index contributed by atoms with van der Waals surface area (Å²) in [5.74, 6) is 0. The molecule has 0 radical (unpaired) electrons. The van der Waals surface area contributed by atoms with Gasteiger partial charge in [-0.1, -0.05) is 154 Å². The minimum atomic E-state index is -2.38. The molecule has 0 aliphatic carbocycles. The van der Waals surface area contributed by atoms with Crippen LogP contribution in [0.3, 0.4) is 0 Å². The Balaban J connectivity index is 0.884. The first-order chi connectivity index (χ1) is 40.7. The summed E-state index contributed by atoms with van der Waals surface area (Å²) in [4.78, 5) is 23.1. The van der Waals surface area contributed by atoms with Crippen molar-refractivity contribution in [1.29, 1.82) is 0 Å². The standard InChI is InChI=1S/C70H80S11Si2/c1-7-11-15-19-23-49-27-31-53(71-49)59-37-43-65(76-59)82(5,66-44-38-60(77-66)54-32-28-50(72-54)24-20-16-12-8-2)69-47-41-63(80-69)57-35-36-58(75-57)64-42-48-70(81-64)83(6,67-45-39-61(78-67)55-33-29-51(73-55)25-21-17-13-9-3)68-46-40-62(79-68)56-34-30-52(74-56)26-22-18-14-10-4/h27-48H,7-26H2,1-6H3. The summed E-state index contributed by atoms with van der Waals surface area (Å²) in [5.41, 5.74) is 0. The highest BCUT2D eigenvalue weighted by molar-refractivity contribution is 7.49. The first kappa shape index (κ1) is 61.8. The lowest BCUT2D eigenvalue weighted by molar-refractivity contribution is 0.670. The maximum absolute atomic E-state index is 2.65. The third-order valence-corrected chi connectivity index (χ3v) is 44.7. The van der Waals surface area contributed by atoms with Crippen molar-refractivity contribution >= 4 is 168 Å². The van der Waals surface area contributed by atoms with E-state index in [1.165, 1.54) is 206 Å². The second-order valence-corrected chi connectivity index (χ2v) is 44.9. The van der Waals surface area contributed by atoms with E-state index >= 15 is 0 Å². The van der Waals surface area contributed by atoms with E-state index in [4.69, 9.17) is 0 Å². The van der Waals surface area contributed by atoms with Gasteiger partial charge in [-0.05, 0) is 148 Å². The first-order valence-electron chi connectivity index (χ1n) is 30.8. The number of hydrogen-bond donors (Lipinski definition) is 0. The predicted octanol–water partition coefficient (Wildman–Crippen LogP) is 23.1. The topological polar surface area (TPSA) is 0 Å². The first-order valence-corrected chi connectivity index (χ1v) is 44.7. The Morgan fingerprint density at radius 1 is 0.205 bits per heavy atom. The summed E-state index contributed by atoms with van der Waals surface area (Å²) < 4.78 is 9.35. The Bertz CT molecular complexity index is 3320. The average molecular weight is 1330 g/mol. The minimum Gasteiger partial charge on any atom is -0.143 e. The van der Waals surface area contributed by atoms with Crippen LogP contribution in [0.2, 0.25) is 13.1 Å². The SMILES string of the molecule is CCCCCCc1ccc(-c2ccc([Si](C)(c3ccc(-c4ccc(CCCCCC)s4)s3)c3ccc(-c4ccc(-c5ccc([Si](C)(c6ccc(-c7ccc(CCCCCC)s7)s6)c6ccc(-c7ccc(CCCCCC)s7)s6)s5)s4)s3)s2)s1. The van der Waals surface area contributed by atoms with Crippen LogP contribution in [0.15, 0.2) is 133 Å². The zero-order valence-corrected chi connectivity index (χ0v) is 60.3. The number of thiophene rings is 11. The Labute approximate surface area is 542 Å². The largest absolute Gasteiger partial charge is 0.181 e. The number of rotatable bonds is 32. The smallest absolute Gasteiger partial charge is 0.143 e. The van der Waals surface area contributed by atoms with Crippen LogP contribution in [0.1, 0.15) is 150 Å². The van der Waals surface area contributed by atoms with Crippen LogP contribution >= 0.6 is 125 Å². The van der Waals surface area contributed by atoms with E-state index < -0.39 is 16.1 Å². The van der Waals surface area contributed by atoms with Crippen LogP contribution in [-0.2, 0) is 25.7 Å². The van der Waals surface area contributed by atoms with E-state index in [9.17, 15) is 0 Å². The Hall–Kier alpha value is -2.87. The number of aryl methyl sites for hydroxylation is 4. The van der Waals surface area contributed by atoms with Gasteiger partial charge >= 0.3 is 0 Å². The van der Waals surface area contributed by atoms with E-state index in [1.54, 1.807) is 27.0 Å². The van der Waals surface area contributed by atoms with Crippen LogP contribution in [0.5, 0.6) is 0 Å². The molecule has 11 aromatic rings. The van der Waals surface area contributed by atoms with Crippen molar-refractivity contribution in [1.82, 2.24) is 0 Å². The van der Waals surface area contributed by atoms with Gasteiger partial charge in [0.05, 0.1) is 0 Å². The molecule has 0 nitrogen and oxygen atoms in total. The van der Waals surface area contributed by atoms with Crippen molar-refractivity contribution in [2.75, 3.05) is 0 Å². The summed E-state index contributed by atoms with van der Waals surface area (Å²) in [5, 5.41) is 0. The summed E-state index contributed by atoms with van der Waals surface area (Å²) >= 11 is 22.4. The second kappa shape index (κ2) is 29.4. The lowest BCUT2D eigenvalue weighted by Crippen LogP contribution is -2.61. The van der Waals surface area contributed by atoms with Gasteiger partial charge in [0.1, 0.15) is 0 Å². The van der Waals surface area contributed by atoms with Crippen molar-refractivity contribution < 1.29 is 0 Å². The molecule has 0 aliphatic heterocycles. The van der Waals surface area contributed by atoms with E-state index in [0.717, 1.165) is 0 Å². The molecule has 11 aromatic heterocycles. The highest BCUT2D eigenvalue weighted by atomic mass is 32.1. The van der Waals surface area contributed by atoms with Crippen LogP contribution < -0.4 is 27.0 Å². The molecule has 0 atom stereocenters. The van der Waals surface area contributed by atoms with Crippen molar-refractivity contribution in [2.45, 2.75) is 169 Å². The van der Waals surface area contributed by atoms with Gasteiger partial charge in [-0.25, -0.2) is 0 Å². The quantitative estimate of drug-likeness (QED) is 0.0291. The van der Waals surface area contributed by atoms with Crippen molar-refractivity contribution in [3.63, 3.8) is 0 Å². The second-order valence-electron chi connectivity index (χ2n) is 22.7. The highest BCUT2D eigenvalue weighted by Gasteiger charge is 2.41. The van der Waals surface area contributed by atoms with Crippen LogP contribution in [0.4, 0.5) is 0 Å². The molecule has 0 saturated heterocycles. The summed E-state index contributed by atoms with van der Waals surface area (Å²) in [6, 6.07) is 53.8. The molecule has 0 amide bonds.